The molecule has 0 bridgehead atoms. The van der Waals surface area contributed by atoms with Crippen LogP contribution in [0.3, 0.4) is 0 Å². The molecule has 1 heteroatoms. The number of hydrogen-bond donors (Lipinski definition) is 0. The molecule has 0 saturated carbocycles. The summed E-state index contributed by atoms with van der Waals surface area (Å²) < 4.78 is 135. The molecular formula is C56H39N. The van der Waals surface area contributed by atoms with E-state index in [0.717, 1.165) is 44.2 Å². The molecule has 0 heterocycles. The van der Waals surface area contributed by atoms with Crippen LogP contribution in [0, 0.1) is 0 Å². The van der Waals surface area contributed by atoms with E-state index in [1.807, 2.05) is 140 Å². The Morgan fingerprint density at radius 1 is 0.298 bits per heavy atom. The van der Waals surface area contributed by atoms with Crippen LogP contribution in [0.5, 0.6) is 0 Å². The first kappa shape index (κ1) is 21.6. The third kappa shape index (κ3) is 6.77. The molecule has 0 aromatic heterocycles. The highest BCUT2D eigenvalue weighted by Gasteiger charge is 2.16. The molecule has 0 spiro atoms. The Hall–Kier alpha value is -7.48. The van der Waals surface area contributed by atoms with Crippen molar-refractivity contribution in [2.24, 2.45) is 0 Å². The fourth-order valence-electron chi connectivity index (χ4n) is 7.12. The fourth-order valence-corrected chi connectivity index (χ4v) is 7.12. The van der Waals surface area contributed by atoms with Gasteiger partial charge in [-0.1, -0.05) is 194 Å². The number of anilines is 3. The number of rotatable bonds is 8. The van der Waals surface area contributed by atoms with Crippen molar-refractivity contribution in [1.82, 2.24) is 0 Å². The molecule has 0 aliphatic rings. The third-order valence-corrected chi connectivity index (χ3v) is 9.93. The van der Waals surface area contributed by atoms with Gasteiger partial charge in [0, 0.05) is 17.1 Å². The first-order chi connectivity index (χ1) is 34.5. The van der Waals surface area contributed by atoms with Gasteiger partial charge in [-0.2, -0.15) is 0 Å². The first-order valence-electron chi connectivity index (χ1n) is 25.9. The van der Waals surface area contributed by atoms with Gasteiger partial charge < -0.3 is 4.90 Å². The lowest BCUT2D eigenvalue weighted by atomic mass is 9.95. The van der Waals surface area contributed by atoms with Crippen LogP contribution in [0.4, 0.5) is 17.1 Å². The van der Waals surface area contributed by atoms with Crippen molar-refractivity contribution in [3.63, 3.8) is 0 Å². The molecule has 0 amide bonds. The Morgan fingerprint density at radius 2 is 0.930 bits per heavy atom. The molecule has 1 nitrogen and oxygen atoms in total. The zero-order valence-electron chi connectivity index (χ0n) is 45.3. The van der Waals surface area contributed by atoms with Gasteiger partial charge in [0.25, 0.3) is 0 Å². The predicted molar refractivity (Wildman–Crippen MR) is 243 cm³/mol. The van der Waals surface area contributed by atoms with Crippen LogP contribution < -0.4 is 4.90 Å². The Balaban J connectivity index is 1.17. The van der Waals surface area contributed by atoms with Gasteiger partial charge >= 0.3 is 0 Å². The summed E-state index contributed by atoms with van der Waals surface area (Å²) in [7, 11) is 0. The van der Waals surface area contributed by atoms with E-state index in [1.165, 1.54) is 0 Å². The van der Waals surface area contributed by atoms with Gasteiger partial charge in [0.1, 0.15) is 0 Å². The standard InChI is InChI=1S/C56H39N/c1-3-12-40(13-4-1)41-24-26-42(27-25-41)43-28-33-50(34-29-43)57(52-20-9-18-49(39-52)55-23-10-17-46-16-7-8-21-53(46)55)51-35-30-44(31-36-51)47-32-37-56-48(38-47)19-11-22-54(56)45-14-5-2-6-15-45/h1-39H/i2D,5D,6D,11D,14D,15D,19D,22D,30D,31D,32D,35D,36D,37D,38D. The summed E-state index contributed by atoms with van der Waals surface area (Å²) in [4.78, 5) is 1.62. The van der Waals surface area contributed by atoms with E-state index in [1.54, 1.807) is 11.0 Å². The minimum atomic E-state index is -0.799. The summed E-state index contributed by atoms with van der Waals surface area (Å²) in [6.07, 6.45) is 0. The van der Waals surface area contributed by atoms with E-state index in [0.29, 0.717) is 11.4 Å². The normalized spacial score (nSPS) is 14.8. The van der Waals surface area contributed by atoms with Crippen molar-refractivity contribution in [2.75, 3.05) is 4.90 Å². The highest BCUT2D eigenvalue weighted by molar-refractivity contribution is 5.99. The number of hydrogen-bond acceptors (Lipinski definition) is 1. The maximum absolute atomic E-state index is 9.67. The van der Waals surface area contributed by atoms with Gasteiger partial charge in [0.05, 0.1) is 20.6 Å². The molecule has 0 atom stereocenters. The topological polar surface area (TPSA) is 3.24 Å². The SMILES string of the molecule is [2H]c1c([2H])c([2H])c(-c2c([2H])c([2H])c([2H])c3c([2H])c(-c4c([2H])c([2H])c(N(c5ccc(-c6ccc(-c7ccccc7)cc6)cc5)c5cccc(-c6cccc7ccccc67)c5)c([2H])c4[2H])c([2H])c([2H])c23)c([2H])c1[2H]. The van der Waals surface area contributed by atoms with E-state index in [4.69, 9.17) is 11.0 Å². The van der Waals surface area contributed by atoms with Crippen molar-refractivity contribution in [3.05, 3.63) is 236 Å². The second-order valence-corrected chi connectivity index (χ2v) is 13.4. The van der Waals surface area contributed by atoms with Crippen LogP contribution in [-0.4, -0.2) is 0 Å². The second kappa shape index (κ2) is 15.0. The summed E-state index contributed by atoms with van der Waals surface area (Å²) in [5, 5.41) is 1.04. The second-order valence-electron chi connectivity index (χ2n) is 13.4. The van der Waals surface area contributed by atoms with Crippen LogP contribution in [-0.2, 0) is 0 Å². The summed E-state index contributed by atoms with van der Waals surface area (Å²) in [5.41, 5.74) is 4.34. The van der Waals surface area contributed by atoms with Crippen LogP contribution in [0.15, 0.2) is 236 Å². The molecule has 0 saturated heterocycles. The monoisotopic (exact) mass is 740 g/mol. The Bertz CT molecular complexity index is 3800. The van der Waals surface area contributed by atoms with Crippen LogP contribution >= 0.6 is 0 Å². The van der Waals surface area contributed by atoms with E-state index >= 15 is 0 Å². The summed E-state index contributed by atoms with van der Waals surface area (Å²) in [6, 6.07) is 36.2. The molecule has 0 aliphatic heterocycles. The molecule has 268 valence electrons. The zero-order valence-corrected chi connectivity index (χ0v) is 30.3. The average Bonchev–Trinajstić information content (AvgIpc) is 3.40. The van der Waals surface area contributed by atoms with E-state index in [9.17, 15) is 9.60 Å². The van der Waals surface area contributed by atoms with Gasteiger partial charge in [0.15, 0.2) is 0 Å². The minimum Gasteiger partial charge on any atom is -0.310 e. The van der Waals surface area contributed by atoms with Crippen molar-refractivity contribution < 1.29 is 20.6 Å². The highest BCUT2D eigenvalue weighted by atomic mass is 15.1. The molecule has 10 aromatic carbocycles. The lowest BCUT2D eigenvalue weighted by molar-refractivity contribution is 1.28. The van der Waals surface area contributed by atoms with Gasteiger partial charge in [-0.3, -0.25) is 0 Å². The molecule has 0 unspecified atom stereocenters. The van der Waals surface area contributed by atoms with Gasteiger partial charge in [-0.05, 0) is 120 Å². The van der Waals surface area contributed by atoms with Crippen LogP contribution in [0.1, 0.15) is 20.6 Å². The number of fused-ring (bicyclic) bond motifs is 2. The van der Waals surface area contributed by atoms with Crippen molar-refractivity contribution >= 4 is 38.6 Å². The highest BCUT2D eigenvalue weighted by Crippen LogP contribution is 2.40. The van der Waals surface area contributed by atoms with Gasteiger partial charge in [-0.25, -0.2) is 0 Å². The predicted octanol–water partition coefficient (Wildman–Crippen LogP) is 15.8. The molecule has 10 aromatic rings. The van der Waals surface area contributed by atoms with Gasteiger partial charge in [0.2, 0.25) is 0 Å². The minimum absolute atomic E-state index is 0.161. The molecule has 0 N–H and O–H groups in total. The van der Waals surface area contributed by atoms with Crippen molar-refractivity contribution in [1.29, 1.82) is 0 Å². The maximum atomic E-state index is 9.67. The van der Waals surface area contributed by atoms with E-state index in [2.05, 4.69) is 0 Å². The largest absolute Gasteiger partial charge is 0.310 e. The average molecular weight is 741 g/mol. The van der Waals surface area contributed by atoms with Crippen LogP contribution in [0.2, 0.25) is 0 Å². The van der Waals surface area contributed by atoms with Gasteiger partial charge in [-0.15, -0.1) is 0 Å². The maximum Gasteiger partial charge on any atom is 0.0645 e. The Kier molecular flexibility index (Phi) is 5.67. The molecule has 0 fully saturated rings. The quantitative estimate of drug-likeness (QED) is 0.150. The number of benzene rings is 10. The van der Waals surface area contributed by atoms with Crippen molar-refractivity contribution in [2.45, 2.75) is 0 Å². The fraction of sp³-hybridized carbons (Fsp3) is 0. The Labute approximate surface area is 355 Å². The Morgan fingerprint density at radius 3 is 1.70 bits per heavy atom. The smallest absolute Gasteiger partial charge is 0.0645 e. The molecule has 0 radical (unpaired) electrons. The van der Waals surface area contributed by atoms with Crippen molar-refractivity contribution in [3.8, 4) is 55.6 Å². The lowest BCUT2D eigenvalue weighted by Crippen LogP contribution is -2.10. The first-order valence-corrected chi connectivity index (χ1v) is 18.4. The number of nitrogens with zero attached hydrogens (tertiary/aromatic N) is 1. The summed E-state index contributed by atoms with van der Waals surface area (Å²) in [5.74, 6) is 0. The van der Waals surface area contributed by atoms with Crippen LogP contribution in [0.25, 0.3) is 77.2 Å². The van der Waals surface area contributed by atoms with E-state index < -0.39 is 124 Å². The zero-order chi connectivity index (χ0) is 51.0. The van der Waals surface area contributed by atoms with E-state index in [-0.39, 0.29) is 5.69 Å². The molecule has 57 heavy (non-hydrogen) atoms. The molecular weight excluding hydrogens is 687 g/mol. The lowest BCUT2D eigenvalue weighted by Gasteiger charge is -2.26. The molecule has 10 rings (SSSR count). The molecule has 0 aliphatic carbocycles. The summed E-state index contributed by atoms with van der Waals surface area (Å²) in [6.45, 7) is 0. The third-order valence-electron chi connectivity index (χ3n) is 9.93. The summed E-state index contributed by atoms with van der Waals surface area (Å²) >= 11 is 0.